The molecule has 1 aliphatic heterocycles. The Bertz CT molecular complexity index is 573. The van der Waals surface area contributed by atoms with Crippen LogP contribution in [0.3, 0.4) is 0 Å². The number of anilines is 1. The second-order valence-electron chi connectivity index (χ2n) is 5.69. The monoisotopic (exact) mass is 306 g/mol. The summed E-state index contributed by atoms with van der Waals surface area (Å²) in [6.45, 7) is 4.77. The second kappa shape index (κ2) is 6.79. The number of aryl methyl sites for hydroxylation is 1. The van der Waals surface area contributed by atoms with Crippen molar-refractivity contribution < 1.29 is 19.4 Å². The summed E-state index contributed by atoms with van der Waals surface area (Å²) in [5.74, 6) is -0.731. The maximum absolute atomic E-state index is 12.4. The van der Waals surface area contributed by atoms with E-state index in [4.69, 9.17) is 9.84 Å². The largest absolute Gasteiger partial charge is 0.495 e. The Morgan fingerprint density at radius 1 is 1.45 bits per heavy atom. The van der Waals surface area contributed by atoms with Gasteiger partial charge in [-0.1, -0.05) is 6.07 Å². The molecular weight excluding hydrogens is 284 g/mol. The van der Waals surface area contributed by atoms with Gasteiger partial charge in [-0.15, -0.1) is 0 Å². The normalized spacial score (nSPS) is 19.7. The summed E-state index contributed by atoms with van der Waals surface area (Å²) in [5.41, 5.74) is 1.66. The number of hydrogen-bond acceptors (Lipinski definition) is 4. The highest BCUT2D eigenvalue weighted by Gasteiger charge is 2.33. The lowest BCUT2D eigenvalue weighted by atomic mass is 10.1. The van der Waals surface area contributed by atoms with Crippen LogP contribution in [0.2, 0.25) is 0 Å². The van der Waals surface area contributed by atoms with Crippen molar-refractivity contribution >= 4 is 17.6 Å². The number of amides is 1. The number of methoxy groups -OCH3 is 1. The van der Waals surface area contributed by atoms with E-state index in [0.29, 0.717) is 30.9 Å². The number of nitrogens with zero attached hydrogens (tertiary/aromatic N) is 1. The first-order valence-corrected chi connectivity index (χ1v) is 7.34. The fourth-order valence-electron chi connectivity index (χ4n) is 2.66. The zero-order valence-electron chi connectivity index (χ0n) is 13.1. The van der Waals surface area contributed by atoms with Crippen molar-refractivity contribution in [2.24, 2.45) is 5.92 Å². The molecule has 2 atom stereocenters. The number of carboxylic acids is 1. The van der Waals surface area contributed by atoms with Crippen molar-refractivity contribution in [1.82, 2.24) is 4.90 Å². The number of likely N-dealkylation sites (tertiary alicyclic amines) is 1. The second-order valence-corrected chi connectivity index (χ2v) is 5.69. The molecule has 2 rings (SSSR count). The van der Waals surface area contributed by atoms with Crippen LogP contribution in [0.5, 0.6) is 5.75 Å². The smallest absolute Gasteiger partial charge is 0.307 e. The third-order valence-corrected chi connectivity index (χ3v) is 4.11. The molecule has 2 N–H and O–H groups in total. The van der Waals surface area contributed by atoms with Crippen LogP contribution in [0.1, 0.15) is 18.9 Å². The molecule has 0 bridgehead atoms. The van der Waals surface area contributed by atoms with Crippen molar-refractivity contribution in [3.8, 4) is 5.75 Å². The number of carboxylic acid groups (broad SMARTS) is 1. The number of rotatable bonds is 5. The summed E-state index contributed by atoms with van der Waals surface area (Å²) >= 11 is 0. The number of carbonyl (C=O) groups excluding carboxylic acids is 1. The van der Waals surface area contributed by atoms with E-state index in [2.05, 4.69) is 5.32 Å². The van der Waals surface area contributed by atoms with Gasteiger partial charge in [-0.05, 0) is 44.5 Å². The van der Waals surface area contributed by atoms with Crippen LogP contribution in [0.4, 0.5) is 5.69 Å². The summed E-state index contributed by atoms with van der Waals surface area (Å²) in [7, 11) is 1.56. The number of ether oxygens (including phenoxy) is 1. The van der Waals surface area contributed by atoms with Gasteiger partial charge in [0.25, 0.3) is 0 Å². The zero-order valence-corrected chi connectivity index (χ0v) is 13.1. The van der Waals surface area contributed by atoms with Crippen LogP contribution >= 0.6 is 0 Å². The highest BCUT2D eigenvalue weighted by atomic mass is 16.5. The highest BCUT2D eigenvalue weighted by molar-refractivity contribution is 5.96. The number of aliphatic carboxylic acids is 1. The topological polar surface area (TPSA) is 78.9 Å². The van der Waals surface area contributed by atoms with Crippen LogP contribution in [0.15, 0.2) is 18.2 Å². The fraction of sp³-hybridized carbons (Fsp3) is 0.500. The van der Waals surface area contributed by atoms with Crippen LogP contribution in [-0.2, 0) is 9.59 Å². The molecular formula is C16H22N2O4. The molecule has 1 aliphatic rings. The summed E-state index contributed by atoms with van der Waals surface area (Å²) < 4.78 is 5.25. The molecule has 1 fully saturated rings. The molecule has 1 aromatic rings. The Hall–Kier alpha value is -2.08. The maximum atomic E-state index is 12.4. The van der Waals surface area contributed by atoms with E-state index >= 15 is 0 Å². The first-order chi connectivity index (χ1) is 10.4. The lowest BCUT2D eigenvalue weighted by molar-refractivity contribution is -0.141. The molecule has 0 aliphatic carbocycles. The van der Waals surface area contributed by atoms with Gasteiger partial charge >= 0.3 is 5.97 Å². The van der Waals surface area contributed by atoms with Crippen molar-refractivity contribution in [2.45, 2.75) is 26.3 Å². The zero-order chi connectivity index (χ0) is 16.3. The Morgan fingerprint density at radius 2 is 2.18 bits per heavy atom. The van der Waals surface area contributed by atoms with Gasteiger partial charge in [0.05, 0.1) is 24.8 Å². The molecule has 0 saturated carbocycles. The van der Waals surface area contributed by atoms with Crippen molar-refractivity contribution in [3.05, 3.63) is 23.8 Å². The molecule has 1 aromatic carbocycles. The van der Waals surface area contributed by atoms with E-state index in [1.165, 1.54) is 0 Å². The molecule has 6 heteroatoms. The van der Waals surface area contributed by atoms with E-state index in [1.54, 1.807) is 14.0 Å². The first-order valence-electron chi connectivity index (χ1n) is 7.34. The van der Waals surface area contributed by atoms with Crippen molar-refractivity contribution in [3.63, 3.8) is 0 Å². The number of hydrogen-bond donors (Lipinski definition) is 2. The fourth-order valence-corrected chi connectivity index (χ4v) is 2.66. The molecule has 1 saturated heterocycles. The number of nitrogens with one attached hydrogen (secondary N) is 1. The van der Waals surface area contributed by atoms with E-state index in [1.807, 2.05) is 30.0 Å². The Labute approximate surface area is 130 Å². The van der Waals surface area contributed by atoms with Gasteiger partial charge in [-0.25, -0.2) is 0 Å². The third kappa shape index (κ3) is 3.57. The van der Waals surface area contributed by atoms with Gasteiger partial charge < -0.3 is 15.2 Å². The minimum Gasteiger partial charge on any atom is -0.495 e. The summed E-state index contributed by atoms with van der Waals surface area (Å²) in [4.78, 5) is 25.3. The SMILES string of the molecule is COc1ccc(C)cc1NC(=O)C(C)N1CCC(C(=O)O)C1. The minimum absolute atomic E-state index is 0.157. The van der Waals surface area contributed by atoms with Crippen molar-refractivity contribution in [2.75, 3.05) is 25.5 Å². The Morgan fingerprint density at radius 3 is 2.77 bits per heavy atom. The first kappa shape index (κ1) is 16.3. The molecule has 22 heavy (non-hydrogen) atoms. The van der Waals surface area contributed by atoms with Gasteiger partial charge in [0.1, 0.15) is 5.75 Å². The quantitative estimate of drug-likeness (QED) is 0.866. The molecule has 2 unspecified atom stereocenters. The Balaban J connectivity index is 2.03. The highest BCUT2D eigenvalue weighted by Crippen LogP contribution is 2.26. The van der Waals surface area contributed by atoms with Gasteiger partial charge in [-0.3, -0.25) is 14.5 Å². The predicted octanol–water partition coefficient (Wildman–Crippen LogP) is 1.74. The standard InChI is InChI=1S/C16H22N2O4/c1-10-4-5-14(22-3)13(8-10)17-15(19)11(2)18-7-6-12(9-18)16(20)21/h4-5,8,11-12H,6-7,9H2,1-3H3,(H,17,19)(H,20,21). The Kier molecular flexibility index (Phi) is 5.03. The van der Waals surface area contributed by atoms with Crippen LogP contribution in [-0.4, -0.2) is 48.1 Å². The maximum Gasteiger partial charge on any atom is 0.307 e. The molecule has 6 nitrogen and oxygen atoms in total. The van der Waals surface area contributed by atoms with Crippen LogP contribution in [0, 0.1) is 12.8 Å². The lowest BCUT2D eigenvalue weighted by Crippen LogP contribution is -2.41. The minimum atomic E-state index is -0.796. The summed E-state index contributed by atoms with van der Waals surface area (Å²) in [6, 6.07) is 5.20. The summed E-state index contributed by atoms with van der Waals surface area (Å²) in [5, 5.41) is 11.9. The van der Waals surface area contributed by atoms with Crippen LogP contribution < -0.4 is 10.1 Å². The molecule has 1 amide bonds. The van der Waals surface area contributed by atoms with Crippen LogP contribution in [0.25, 0.3) is 0 Å². The van der Waals surface area contributed by atoms with E-state index in [-0.39, 0.29) is 17.9 Å². The third-order valence-electron chi connectivity index (χ3n) is 4.11. The molecule has 120 valence electrons. The average Bonchev–Trinajstić information content (AvgIpc) is 2.96. The van der Waals surface area contributed by atoms with Gasteiger partial charge in [0.15, 0.2) is 0 Å². The van der Waals surface area contributed by atoms with Gasteiger partial charge in [0, 0.05) is 6.54 Å². The molecule has 0 spiro atoms. The molecule has 0 aromatic heterocycles. The van der Waals surface area contributed by atoms with E-state index in [0.717, 1.165) is 5.56 Å². The number of benzene rings is 1. The average molecular weight is 306 g/mol. The predicted molar refractivity (Wildman–Crippen MR) is 83.1 cm³/mol. The van der Waals surface area contributed by atoms with E-state index < -0.39 is 5.97 Å². The van der Waals surface area contributed by atoms with Crippen molar-refractivity contribution in [1.29, 1.82) is 0 Å². The van der Waals surface area contributed by atoms with E-state index in [9.17, 15) is 9.59 Å². The van der Waals surface area contributed by atoms with Gasteiger partial charge in [-0.2, -0.15) is 0 Å². The molecule has 0 radical (unpaired) electrons. The lowest BCUT2D eigenvalue weighted by Gasteiger charge is -2.23. The molecule has 1 heterocycles. The van der Waals surface area contributed by atoms with Gasteiger partial charge in [0.2, 0.25) is 5.91 Å². The summed E-state index contributed by atoms with van der Waals surface area (Å²) in [6.07, 6.45) is 0.584. The number of carbonyl (C=O) groups is 2.